The number of ether oxygens (including phenoxy) is 2. The number of halogens is 2. The van der Waals surface area contributed by atoms with Crippen molar-refractivity contribution >= 4 is 39.9 Å². The number of methoxy groups -OCH3 is 1. The maximum absolute atomic E-state index is 14.3. The number of anilines is 2. The molecule has 0 saturated carbocycles. The molecule has 5 rings (SSSR count). The van der Waals surface area contributed by atoms with Gasteiger partial charge in [0.1, 0.15) is 23.0 Å². The second kappa shape index (κ2) is 9.05. The molecule has 1 amide bonds. The highest BCUT2D eigenvalue weighted by molar-refractivity contribution is 6.31. The van der Waals surface area contributed by atoms with Crippen LogP contribution in [0.1, 0.15) is 29.7 Å². The number of fused-ring (bicyclic) bond motifs is 3. The van der Waals surface area contributed by atoms with Crippen LogP contribution >= 0.6 is 11.6 Å². The number of pyridine rings is 2. The van der Waals surface area contributed by atoms with Crippen LogP contribution < -0.4 is 15.4 Å². The molecule has 0 saturated heterocycles. The van der Waals surface area contributed by atoms with E-state index >= 15 is 0 Å². The molecule has 4 heterocycles. The zero-order valence-electron chi connectivity index (χ0n) is 19.6. The maximum Gasteiger partial charge on any atom is 0.256 e. The fourth-order valence-corrected chi connectivity index (χ4v) is 4.48. The number of aliphatic hydroxyl groups is 1. The fourth-order valence-electron chi connectivity index (χ4n) is 4.20. The first-order chi connectivity index (χ1) is 17.2. The zero-order chi connectivity index (χ0) is 25.6. The van der Waals surface area contributed by atoms with E-state index in [-0.39, 0.29) is 29.2 Å². The number of nitrogens with zero attached hydrogens (tertiary/aromatic N) is 2. The minimum absolute atomic E-state index is 0.133. The lowest BCUT2D eigenvalue weighted by atomic mass is 9.95. The molecule has 186 valence electrons. The zero-order valence-corrected chi connectivity index (χ0v) is 20.4. The van der Waals surface area contributed by atoms with Crippen LogP contribution in [0.15, 0.2) is 42.9 Å². The summed E-state index contributed by atoms with van der Waals surface area (Å²) in [6, 6.07) is 6.20. The third kappa shape index (κ3) is 4.02. The molecular formula is C25H23ClFN5O4. The van der Waals surface area contributed by atoms with Crippen LogP contribution in [0.2, 0.25) is 5.02 Å². The molecule has 1 aliphatic rings. The number of carbonyl (C=O) groups excluding carboxylic acids is 1. The predicted octanol–water partition coefficient (Wildman–Crippen LogP) is 4.70. The molecule has 1 aliphatic heterocycles. The smallest absolute Gasteiger partial charge is 0.256 e. The largest absolute Gasteiger partial charge is 0.436 e. The van der Waals surface area contributed by atoms with E-state index in [2.05, 4.69) is 25.6 Å². The van der Waals surface area contributed by atoms with Gasteiger partial charge >= 0.3 is 0 Å². The van der Waals surface area contributed by atoms with Crippen molar-refractivity contribution in [2.75, 3.05) is 24.4 Å². The minimum Gasteiger partial charge on any atom is -0.436 e. The molecule has 0 aliphatic carbocycles. The molecule has 0 fully saturated rings. The van der Waals surface area contributed by atoms with Gasteiger partial charge in [-0.3, -0.25) is 4.79 Å². The molecule has 2 atom stereocenters. The van der Waals surface area contributed by atoms with Crippen molar-refractivity contribution in [2.45, 2.75) is 25.5 Å². The molecule has 0 spiro atoms. The van der Waals surface area contributed by atoms with E-state index in [4.69, 9.17) is 21.1 Å². The fraction of sp³-hybridized carbons (Fsp3) is 0.240. The van der Waals surface area contributed by atoms with Crippen molar-refractivity contribution in [3.8, 4) is 11.6 Å². The van der Waals surface area contributed by atoms with Crippen molar-refractivity contribution in [1.29, 1.82) is 0 Å². The van der Waals surface area contributed by atoms with Crippen molar-refractivity contribution in [2.24, 2.45) is 0 Å². The second-order valence-corrected chi connectivity index (χ2v) is 9.20. The van der Waals surface area contributed by atoms with Crippen LogP contribution in [-0.2, 0) is 9.53 Å². The van der Waals surface area contributed by atoms with Gasteiger partial charge in [-0.2, -0.15) is 0 Å². The molecule has 3 aromatic heterocycles. The molecule has 1 aromatic carbocycles. The van der Waals surface area contributed by atoms with E-state index in [0.29, 0.717) is 39.1 Å². The van der Waals surface area contributed by atoms with E-state index in [9.17, 15) is 14.3 Å². The first kappa shape index (κ1) is 24.0. The Hall–Kier alpha value is -3.73. The third-order valence-corrected chi connectivity index (χ3v) is 6.47. The molecule has 4 aromatic rings. The maximum atomic E-state index is 14.3. The monoisotopic (exact) mass is 511 g/mol. The molecular weight excluding hydrogens is 489 g/mol. The number of carbonyl (C=O) groups is 1. The Kier molecular flexibility index (Phi) is 6.03. The number of H-pyrrole nitrogens is 1. The third-order valence-electron chi connectivity index (χ3n) is 6.14. The van der Waals surface area contributed by atoms with E-state index in [1.54, 1.807) is 44.4 Å². The topological polar surface area (TPSA) is 121 Å². The predicted molar refractivity (Wildman–Crippen MR) is 133 cm³/mol. The summed E-state index contributed by atoms with van der Waals surface area (Å²) in [5.74, 6) is -0.714. The Balaban J connectivity index is 1.51. The number of hydrogen-bond donors (Lipinski definition) is 4. The summed E-state index contributed by atoms with van der Waals surface area (Å²) in [4.78, 5) is 24.0. The number of aromatic nitrogens is 3. The van der Waals surface area contributed by atoms with Crippen LogP contribution in [-0.4, -0.2) is 45.2 Å². The van der Waals surface area contributed by atoms with Gasteiger partial charge in [-0.05, 0) is 37.6 Å². The first-order valence-corrected chi connectivity index (χ1v) is 11.4. The van der Waals surface area contributed by atoms with Crippen LogP contribution in [0.3, 0.4) is 0 Å². The van der Waals surface area contributed by atoms with Gasteiger partial charge in [0.2, 0.25) is 0 Å². The van der Waals surface area contributed by atoms with Crippen LogP contribution in [0.5, 0.6) is 11.6 Å². The summed E-state index contributed by atoms with van der Waals surface area (Å²) in [5.41, 5.74) is 1.89. The Morgan fingerprint density at radius 3 is 2.81 bits per heavy atom. The molecule has 0 radical (unpaired) electrons. The second-order valence-electron chi connectivity index (χ2n) is 8.79. The Bertz CT molecular complexity index is 1490. The van der Waals surface area contributed by atoms with Gasteiger partial charge in [-0.1, -0.05) is 17.7 Å². The molecule has 9 nitrogen and oxygen atoms in total. The summed E-state index contributed by atoms with van der Waals surface area (Å²) < 4.78 is 25.1. The average molecular weight is 512 g/mol. The average Bonchev–Trinajstić information content (AvgIpc) is 3.28. The summed E-state index contributed by atoms with van der Waals surface area (Å²) in [7, 11) is 1.52. The number of aliphatic hydroxyl groups excluding tert-OH is 1. The highest BCUT2D eigenvalue weighted by atomic mass is 35.5. The molecule has 0 bridgehead atoms. The van der Waals surface area contributed by atoms with E-state index in [1.807, 2.05) is 0 Å². The molecule has 36 heavy (non-hydrogen) atoms. The first-order valence-electron chi connectivity index (χ1n) is 11.1. The highest BCUT2D eigenvalue weighted by Gasteiger charge is 2.39. The molecule has 11 heteroatoms. The van der Waals surface area contributed by atoms with Gasteiger partial charge in [-0.15, -0.1) is 0 Å². The molecule has 2 unspecified atom stereocenters. The van der Waals surface area contributed by atoms with Gasteiger partial charge < -0.3 is 30.2 Å². The van der Waals surface area contributed by atoms with Crippen LogP contribution in [0, 0.1) is 12.7 Å². The van der Waals surface area contributed by atoms with Gasteiger partial charge in [0.15, 0.2) is 5.82 Å². The van der Waals surface area contributed by atoms with E-state index in [0.717, 1.165) is 0 Å². The van der Waals surface area contributed by atoms with Gasteiger partial charge in [0.25, 0.3) is 11.8 Å². The lowest BCUT2D eigenvalue weighted by Crippen LogP contribution is -2.53. The SMILES string of the molecule is COCC1(C)Nc2c(cnc3[nH]cc(C(O)c4ccc(Oc5nccc(C)c5F)cc4Cl)c23)NC1=O. The van der Waals surface area contributed by atoms with Crippen molar-refractivity contribution in [3.63, 3.8) is 0 Å². The normalized spacial score (nSPS) is 17.9. The van der Waals surface area contributed by atoms with Gasteiger partial charge in [0.05, 0.1) is 34.6 Å². The number of aryl methyl sites for hydroxylation is 1. The number of benzene rings is 1. The van der Waals surface area contributed by atoms with Crippen molar-refractivity contribution in [3.05, 3.63) is 70.4 Å². The number of amides is 1. The van der Waals surface area contributed by atoms with Gasteiger partial charge in [0, 0.05) is 30.6 Å². The molecule has 4 N–H and O–H groups in total. The summed E-state index contributed by atoms with van der Waals surface area (Å²) >= 11 is 6.51. The van der Waals surface area contributed by atoms with E-state index in [1.165, 1.54) is 19.4 Å². The Morgan fingerprint density at radius 1 is 1.25 bits per heavy atom. The highest BCUT2D eigenvalue weighted by Crippen LogP contribution is 2.42. The number of aromatic amines is 1. The quantitative estimate of drug-likeness (QED) is 0.296. The van der Waals surface area contributed by atoms with E-state index < -0.39 is 17.5 Å². The number of rotatable bonds is 6. The van der Waals surface area contributed by atoms with Crippen LogP contribution in [0.25, 0.3) is 11.0 Å². The number of nitrogens with one attached hydrogen (secondary N) is 3. The Morgan fingerprint density at radius 2 is 2.06 bits per heavy atom. The standard InChI is InChI=1S/C25H23ClFN5O4/c1-12-6-7-28-23(19(12)27)36-13-4-5-14(16(26)8-13)21(33)15-9-29-22-18(15)20-17(10-30-22)31-24(34)25(2,32-20)11-35-3/h4-10,21,32-33H,11H2,1-3H3,(H,29,30)(H,31,34). The lowest BCUT2D eigenvalue weighted by molar-refractivity contribution is -0.121. The van der Waals surface area contributed by atoms with Gasteiger partial charge in [-0.25, -0.2) is 14.4 Å². The van der Waals surface area contributed by atoms with Crippen molar-refractivity contribution < 1.29 is 23.8 Å². The summed E-state index contributed by atoms with van der Waals surface area (Å²) in [6.45, 7) is 3.47. The minimum atomic E-state index is -1.14. The van der Waals surface area contributed by atoms with Crippen LogP contribution in [0.4, 0.5) is 15.8 Å². The lowest BCUT2D eigenvalue weighted by Gasteiger charge is -2.35. The Labute approximate surface area is 210 Å². The number of hydrogen-bond acceptors (Lipinski definition) is 7. The van der Waals surface area contributed by atoms with Crippen molar-refractivity contribution in [1.82, 2.24) is 15.0 Å². The summed E-state index contributed by atoms with van der Waals surface area (Å²) in [5, 5.41) is 18.2. The summed E-state index contributed by atoms with van der Waals surface area (Å²) in [6.07, 6.45) is 3.49.